The number of amides is 1. The van der Waals surface area contributed by atoms with Crippen molar-refractivity contribution < 1.29 is 52.4 Å². The van der Waals surface area contributed by atoms with Crippen molar-refractivity contribution in [1.82, 2.24) is 5.32 Å². The van der Waals surface area contributed by atoms with Crippen LogP contribution in [0.4, 0.5) is 0 Å². The molecule has 200 valence electrons. The van der Waals surface area contributed by atoms with Crippen LogP contribution in [0.5, 0.6) is 0 Å². The molecule has 7 atom stereocenters. The summed E-state index contributed by atoms with van der Waals surface area (Å²) in [6.45, 7) is 10.8. The molecule has 3 N–H and O–H groups in total. The number of hydrogen-bond acceptors (Lipinski definition) is 12. The van der Waals surface area contributed by atoms with Crippen LogP contribution >= 0.6 is 0 Å². The van der Waals surface area contributed by atoms with Crippen LogP contribution in [-0.2, 0) is 52.4 Å². The quantitative estimate of drug-likeness (QED) is 0.310. The molecule has 13 heteroatoms. The Labute approximate surface area is 204 Å². The Kier molecular flexibility index (Phi) is 11.1. The Balaban J connectivity index is 3.32. The fourth-order valence-electron chi connectivity index (χ4n) is 3.26. The van der Waals surface area contributed by atoms with E-state index in [0.29, 0.717) is 0 Å². The number of hydrogen-bond donors (Lipinski definition) is 2. The molecule has 0 spiro atoms. The molecule has 35 heavy (non-hydrogen) atoms. The topological polar surface area (TPSA) is 179 Å². The predicted octanol–water partition coefficient (Wildman–Crippen LogP) is -0.283. The molecule has 0 aliphatic carbocycles. The highest BCUT2D eigenvalue weighted by molar-refractivity contribution is 5.76. The van der Waals surface area contributed by atoms with Gasteiger partial charge in [-0.1, -0.05) is 0 Å². The van der Waals surface area contributed by atoms with E-state index in [1.165, 1.54) is 20.8 Å². The van der Waals surface area contributed by atoms with Crippen molar-refractivity contribution in [3.05, 3.63) is 0 Å². The molecular weight excluding hydrogens is 468 g/mol. The zero-order valence-corrected chi connectivity index (χ0v) is 21.3. The molecule has 1 aliphatic heterocycles. The fraction of sp³-hybridized carbons (Fsp3) is 0.773. The van der Waals surface area contributed by atoms with Crippen LogP contribution in [0.3, 0.4) is 0 Å². The first-order valence-corrected chi connectivity index (χ1v) is 11.1. The molecule has 1 aliphatic rings. The van der Waals surface area contributed by atoms with E-state index in [1.807, 2.05) is 0 Å². The summed E-state index contributed by atoms with van der Waals surface area (Å²) in [5.41, 5.74) is 5.22. The highest BCUT2D eigenvalue weighted by Gasteiger charge is 2.52. The van der Waals surface area contributed by atoms with E-state index in [-0.39, 0.29) is 6.61 Å². The SMILES string of the molecule is CC(=O)N[C@H]1[C@@H](O[C@H](C)[C@H](N)C(=O)OC(C)(C)C)O[C@H](COC(C)=O)[C@H](OC(C)=O)[C@@H]1OC(C)=O. The first-order chi connectivity index (χ1) is 16.0. The van der Waals surface area contributed by atoms with Gasteiger partial charge in [0.25, 0.3) is 0 Å². The van der Waals surface area contributed by atoms with Gasteiger partial charge < -0.3 is 39.5 Å². The van der Waals surface area contributed by atoms with Gasteiger partial charge in [-0.15, -0.1) is 0 Å². The number of carbonyl (C=O) groups is 5. The molecule has 0 aromatic carbocycles. The van der Waals surface area contributed by atoms with Gasteiger partial charge in [0.1, 0.15) is 30.4 Å². The summed E-state index contributed by atoms with van der Waals surface area (Å²) in [7, 11) is 0. The second-order valence-electron chi connectivity index (χ2n) is 9.12. The minimum atomic E-state index is -1.35. The second-order valence-corrected chi connectivity index (χ2v) is 9.12. The first-order valence-electron chi connectivity index (χ1n) is 11.1. The summed E-state index contributed by atoms with van der Waals surface area (Å²) in [6.07, 6.45) is -6.04. The van der Waals surface area contributed by atoms with E-state index in [9.17, 15) is 24.0 Å². The molecule has 1 rings (SSSR count). The predicted molar refractivity (Wildman–Crippen MR) is 118 cm³/mol. The maximum Gasteiger partial charge on any atom is 0.326 e. The van der Waals surface area contributed by atoms with Crippen molar-refractivity contribution in [2.45, 2.75) is 104 Å². The molecule has 1 amide bonds. The van der Waals surface area contributed by atoms with E-state index in [2.05, 4.69) is 5.32 Å². The third kappa shape index (κ3) is 10.2. The Bertz CT molecular complexity index is 795. The lowest BCUT2D eigenvalue weighted by atomic mass is 9.95. The third-order valence-corrected chi connectivity index (χ3v) is 4.60. The van der Waals surface area contributed by atoms with Crippen LogP contribution < -0.4 is 11.1 Å². The van der Waals surface area contributed by atoms with E-state index in [0.717, 1.165) is 13.8 Å². The number of rotatable bonds is 9. The zero-order valence-electron chi connectivity index (χ0n) is 21.3. The second kappa shape index (κ2) is 12.8. The largest absolute Gasteiger partial charge is 0.463 e. The van der Waals surface area contributed by atoms with Gasteiger partial charge in [0.15, 0.2) is 18.5 Å². The number of carbonyl (C=O) groups excluding carboxylic acids is 5. The van der Waals surface area contributed by atoms with Crippen LogP contribution in [0.2, 0.25) is 0 Å². The summed E-state index contributed by atoms with van der Waals surface area (Å²) in [6, 6.07) is -2.41. The molecule has 0 radical (unpaired) electrons. The average Bonchev–Trinajstić information content (AvgIpc) is 2.67. The molecule has 0 aromatic rings. The van der Waals surface area contributed by atoms with E-state index in [4.69, 9.17) is 34.2 Å². The normalized spacial score (nSPS) is 26.0. The maximum atomic E-state index is 12.4. The molecule has 1 heterocycles. The Morgan fingerprint density at radius 3 is 1.94 bits per heavy atom. The molecular formula is C22H36N2O11. The van der Waals surface area contributed by atoms with Crippen molar-refractivity contribution in [1.29, 1.82) is 0 Å². The highest BCUT2D eigenvalue weighted by atomic mass is 16.7. The Morgan fingerprint density at radius 2 is 1.49 bits per heavy atom. The van der Waals surface area contributed by atoms with Gasteiger partial charge >= 0.3 is 23.9 Å². The van der Waals surface area contributed by atoms with Gasteiger partial charge in [-0.25, -0.2) is 0 Å². The summed E-state index contributed by atoms with van der Waals surface area (Å²) in [4.78, 5) is 59.4. The number of nitrogens with one attached hydrogen (secondary N) is 1. The molecule has 0 saturated carbocycles. The number of ether oxygens (including phenoxy) is 6. The van der Waals surface area contributed by atoms with Gasteiger partial charge in [-0.2, -0.15) is 0 Å². The number of esters is 4. The molecule has 0 bridgehead atoms. The van der Waals surface area contributed by atoms with E-state index < -0.39 is 78.2 Å². The van der Waals surface area contributed by atoms with Crippen molar-refractivity contribution in [2.24, 2.45) is 5.73 Å². The first kappa shape index (κ1) is 30.3. The van der Waals surface area contributed by atoms with Gasteiger partial charge in [0, 0.05) is 27.7 Å². The lowest BCUT2D eigenvalue weighted by molar-refractivity contribution is -0.287. The lowest BCUT2D eigenvalue weighted by Crippen LogP contribution is -2.67. The van der Waals surface area contributed by atoms with Crippen LogP contribution in [0.1, 0.15) is 55.4 Å². The van der Waals surface area contributed by atoms with Crippen LogP contribution in [0.25, 0.3) is 0 Å². The maximum absolute atomic E-state index is 12.4. The highest BCUT2D eigenvalue weighted by Crippen LogP contribution is 2.29. The van der Waals surface area contributed by atoms with Gasteiger partial charge in [0.2, 0.25) is 5.91 Å². The average molecular weight is 505 g/mol. The third-order valence-electron chi connectivity index (χ3n) is 4.60. The smallest absolute Gasteiger partial charge is 0.326 e. The molecule has 13 nitrogen and oxygen atoms in total. The van der Waals surface area contributed by atoms with E-state index >= 15 is 0 Å². The molecule has 1 saturated heterocycles. The molecule has 0 aromatic heterocycles. The zero-order chi connectivity index (χ0) is 27.1. The minimum Gasteiger partial charge on any atom is -0.463 e. The summed E-state index contributed by atoms with van der Waals surface area (Å²) in [5.74, 6) is -3.38. The van der Waals surface area contributed by atoms with Gasteiger partial charge in [-0.3, -0.25) is 24.0 Å². The lowest BCUT2D eigenvalue weighted by Gasteiger charge is -2.45. The molecule has 0 unspecified atom stereocenters. The fourth-order valence-corrected chi connectivity index (χ4v) is 3.26. The van der Waals surface area contributed by atoms with Crippen LogP contribution in [-0.4, -0.2) is 84.8 Å². The Morgan fingerprint density at radius 1 is 0.943 bits per heavy atom. The minimum absolute atomic E-state index is 0.385. The van der Waals surface area contributed by atoms with Gasteiger partial charge in [-0.05, 0) is 27.7 Å². The monoisotopic (exact) mass is 504 g/mol. The van der Waals surface area contributed by atoms with Gasteiger partial charge in [0.05, 0.1) is 6.10 Å². The summed E-state index contributed by atoms with van der Waals surface area (Å²) in [5, 5.41) is 2.57. The van der Waals surface area contributed by atoms with Crippen molar-refractivity contribution in [3.63, 3.8) is 0 Å². The van der Waals surface area contributed by atoms with Crippen molar-refractivity contribution in [2.75, 3.05) is 6.61 Å². The standard InChI is InChI=1S/C22H36N2O11/c1-10(16(23)20(29)35-22(6,7)8)31-21-17(24-11(2)25)19(33-14(5)28)18(32-13(4)27)15(34-21)9-30-12(3)26/h10,15-19,21H,9,23H2,1-8H3,(H,24,25)/t10-,15-,16+,17-,18+,19-,21+/m1/s1. The number of nitrogens with two attached hydrogens (primary N) is 1. The van der Waals surface area contributed by atoms with Crippen molar-refractivity contribution in [3.8, 4) is 0 Å². The van der Waals surface area contributed by atoms with Crippen LogP contribution in [0.15, 0.2) is 0 Å². The molecule has 1 fully saturated rings. The summed E-state index contributed by atoms with van der Waals surface area (Å²) < 4.78 is 32.8. The van der Waals surface area contributed by atoms with Crippen LogP contribution in [0, 0.1) is 0 Å². The van der Waals surface area contributed by atoms with Crippen molar-refractivity contribution >= 4 is 29.8 Å². The van der Waals surface area contributed by atoms with E-state index in [1.54, 1.807) is 20.8 Å². The summed E-state index contributed by atoms with van der Waals surface area (Å²) >= 11 is 0. The Hall–Kier alpha value is -2.77.